The monoisotopic (exact) mass is 427 g/mol. The zero-order valence-electron chi connectivity index (χ0n) is 18.8. The summed E-state index contributed by atoms with van der Waals surface area (Å²) in [6.07, 6.45) is 2.50. The largest absolute Gasteiger partial charge is 0.444 e. The fraction of sp³-hybridized carbons (Fsp3) is 0.522. The van der Waals surface area contributed by atoms with Gasteiger partial charge in [0, 0.05) is 50.3 Å². The maximum atomic E-state index is 13.4. The van der Waals surface area contributed by atoms with E-state index in [1.54, 1.807) is 21.7 Å². The maximum absolute atomic E-state index is 13.4. The Bertz CT molecular complexity index is 992. The van der Waals surface area contributed by atoms with Crippen LogP contribution < -0.4 is 0 Å². The quantitative estimate of drug-likeness (QED) is 0.742. The molecule has 2 aromatic rings. The van der Waals surface area contributed by atoms with Crippen LogP contribution in [0.3, 0.4) is 0 Å². The van der Waals surface area contributed by atoms with Crippen molar-refractivity contribution in [2.24, 2.45) is 11.0 Å². The molecule has 7 nitrogen and oxygen atoms in total. The van der Waals surface area contributed by atoms with E-state index < -0.39 is 5.60 Å². The van der Waals surface area contributed by atoms with Gasteiger partial charge in [-0.25, -0.2) is 13.9 Å². The molecule has 0 spiro atoms. The van der Waals surface area contributed by atoms with E-state index in [9.17, 15) is 9.18 Å². The Morgan fingerprint density at radius 1 is 1.19 bits per heavy atom. The molecule has 8 heteroatoms. The molecule has 2 aliphatic heterocycles. The van der Waals surface area contributed by atoms with Crippen molar-refractivity contribution in [1.82, 2.24) is 19.7 Å². The van der Waals surface area contributed by atoms with Crippen molar-refractivity contribution in [2.45, 2.75) is 45.6 Å². The summed E-state index contributed by atoms with van der Waals surface area (Å²) in [5.74, 6) is 0.0820. The van der Waals surface area contributed by atoms with E-state index in [1.165, 1.54) is 12.1 Å². The minimum atomic E-state index is -0.525. The Balaban J connectivity index is 1.65. The second-order valence-electron chi connectivity index (χ2n) is 9.49. The van der Waals surface area contributed by atoms with Gasteiger partial charge in [-0.1, -0.05) is 6.92 Å². The molecule has 2 unspecified atom stereocenters. The number of amides is 1. The van der Waals surface area contributed by atoms with E-state index >= 15 is 0 Å². The number of ether oxygens (including phenoxy) is 1. The van der Waals surface area contributed by atoms with Crippen LogP contribution in [0.25, 0.3) is 5.69 Å². The fourth-order valence-corrected chi connectivity index (χ4v) is 4.21. The maximum Gasteiger partial charge on any atom is 0.410 e. The number of carbonyl (C=O) groups excluding carboxylic acids is 1. The number of hydrazone groups is 1. The number of halogens is 1. The van der Waals surface area contributed by atoms with Gasteiger partial charge in [-0.2, -0.15) is 10.2 Å². The molecule has 1 aromatic heterocycles. The Labute approximate surface area is 182 Å². The van der Waals surface area contributed by atoms with E-state index in [4.69, 9.17) is 14.9 Å². The molecule has 1 fully saturated rings. The summed E-state index contributed by atoms with van der Waals surface area (Å²) >= 11 is 0. The summed E-state index contributed by atoms with van der Waals surface area (Å²) in [5, 5.41) is 11.6. The van der Waals surface area contributed by atoms with E-state index in [-0.39, 0.29) is 23.7 Å². The van der Waals surface area contributed by atoms with Crippen molar-refractivity contribution in [3.05, 3.63) is 47.5 Å². The van der Waals surface area contributed by atoms with E-state index in [1.807, 2.05) is 39.0 Å². The number of benzene rings is 1. The van der Waals surface area contributed by atoms with Crippen molar-refractivity contribution < 1.29 is 13.9 Å². The average Bonchev–Trinajstić information content (AvgIpc) is 3.38. The highest BCUT2D eigenvalue weighted by Gasteiger charge is 2.35. The first-order chi connectivity index (χ1) is 14.6. The van der Waals surface area contributed by atoms with Crippen LogP contribution in [0.15, 0.2) is 35.6 Å². The minimum absolute atomic E-state index is 0.0880. The van der Waals surface area contributed by atoms with Crippen molar-refractivity contribution in [3.63, 3.8) is 0 Å². The van der Waals surface area contributed by atoms with Crippen molar-refractivity contribution in [1.29, 1.82) is 0 Å². The summed E-state index contributed by atoms with van der Waals surface area (Å²) in [5.41, 5.74) is 3.19. The lowest BCUT2D eigenvalue weighted by Gasteiger charge is -2.24. The number of rotatable bonds is 3. The summed E-state index contributed by atoms with van der Waals surface area (Å²) in [4.78, 5) is 14.3. The van der Waals surface area contributed by atoms with Gasteiger partial charge in [0.1, 0.15) is 11.4 Å². The third-order valence-corrected chi connectivity index (χ3v) is 5.62. The lowest BCUT2D eigenvalue weighted by atomic mass is 9.94. The molecule has 166 valence electrons. The predicted octanol–water partition coefficient (Wildman–Crippen LogP) is 4.02. The molecule has 1 saturated heterocycles. The van der Waals surface area contributed by atoms with Crippen LogP contribution in [0.2, 0.25) is 0 Å². The third-order valence-electron chi connectivity index (χ3n) is 5.62. The Hall–Kier alpha value is -2.90. The van der Waals surface area contributed by atoms with Crippen molar-refractivity contribution >= 4 is 11.8 Å². The van der Waals surface area contributed by atoms with Crippen molar-refractivity contribution in [2.75, 3.05) is 26.7 Å². The Morgan fingerprint density at radius 2 is 1.90 bits per heavy atom. The number of carbonyl (C=O) groups is 1. The van der Waals surface area contributed by atoms with Gasteiger partial charge in [0.2, 0.25) is 0 Å². The van der Waals surface area contributed by atoms with Crippen LogP contribution in [-0.2, 0) is 4.74 Å². The van der Waals surface area contributed by atoms with Gasteiger partial charge in [-0.3, -0.25) is 5.01 Å². The molecule has 0 radical (unpaired) electrons. The molecule has 0 aliphatic carbocycles. The molecule has 2 atom stereocenters. The molecule has 0 N–H and O–H groups in total. The lowest BCUT2D eigenvalue weighted by Crippen LogP contribution is -2.35. The second-order valence-corrected chi connectivity index (χ2v) is 9.49. The molecular formula is C23H30FN5O2. The van der Waals surface area contributed by atoms with Crippen LogP contribution in [0, 0.1) is 11.7 Å². The number of likely N-dealkylation sites (tertiary alicyclic amines) is 1. The molecule has 0 bridgehead atoms. The summed E-state index contributed by atoms with van der Waals surface area (Å²) in [6, 6.07) is 6.28. The smallest absolute Gasteiger partial charge is 0.410 e. The summed E-state index contributed by atoms with van der Waals surface area (Å²) in [6.45, 7) is 9.81. The van der Waals surface area contributed by atoms with E-state index in [2.05, 4.69) is 6.92 Å². The summed E-state index contributed by atoms with van der Waals surface area (Å²) in [7, 11) is 1.97. The van der Waals surface area contributed by atoms with Crippen LogP contribution in [0.4, 0.5) is 9.18 Å². The van der Waals surface area contributed by atoms with E-state index in [0.717, 1.165) is 35.6 Å². The highest BCUT2D eigenvalue weighted by molar-refractivity contribution is 6.04. The van der Waals surface area contributed by atoms with E-state index in [0.29, 0.717) is 13.1 Å². The zero-order valence-corrected chi connectivity index (χ0v) is 18.8. The first-order valence-corrected chi connectivity index (χ1v) is 10.7. The normalized spacial score (nSPS) is 21.5. The molecular weight excluding hydrogens is 397 g/mol. The van der Waals surface area contributed by atoms with Gasteiger partial charge in [-0.05, 0) is 51.5 Å². The number of hydrogen-bond acceptors (Lipinski definition) is 5. The predicted molar refractivity (Wildman–Crippen MR) is 117 cm³/mol. The van der Waals surface area contributed by atoms with Crippen LogP contribution in [0.1, 0.15) is 51.3 Å². The number of hydrogen-bond donors (Lipinski definition) is 0. The van der Waals surface area contributed by atoms with Gasteiger partial charge in [-0.15, -0.1) is 0 Å². The molecule has 0 saturated carbocycles. The Kier molecular flexibility index (Phi) is 5.49. The molecule has 4 rings (SSSR count). The molecule has 2 aliphatic rings. The second kappa shape index (κ2) is 7.98. The minimum Gasteiger partial charge on any atom is -0.444 e. The van der Waals surface area contributed by atoms with Crippen LogP contribution in [-0.4, -0.2) is 63.8 Å². The third kappa shape index (κ3) is 4.57. The van der Waals surface area contributed by atoms with Gasteiger partial charge >= 0.3 is 6.09 Å². The topological polar surface area (TPSA) is 63.0 Å². The highest BCUT2D eigenvalue weighted by atomic mass is 19.1. The molecule has 1 aromatic carbocycles. The van der Waals surface area contributed by atoms with Crippen LogP contribution in [0.5, 0.6) is 0 Å². The fourth-order valence-electron chi connectivity index (χ4n) is 4.21. The average molecular weight is 428 g/mol. The summed E-state index contributed by atoms with van der Waals surface area (Å²) < 4.78 is 20.7. The van der Waals surface area contributed by atoms with Gasteiger partial charge < -0.3 is 9.64 Å². The standard InChI is InChI=1S/C23H30FN5O2/c1-15-12-27(5)25-20(15)19-14-29(18-8-6-17(24)7-9-18)26-21(19)16-10-11-28(13-16)22(30)31-23(2,3)4/h6-9,14-16H,10-13H2,1-5H3. The first kappa shape index (κ1) is 21.3. The molecule has 3 heterocycles. The Morgan fingerprint density at radius 3 is 2.52 bits per heavy atom. The van der Waals surface area contributed by atoms with Gasteiger partial charge in [0.15, 0.2) is 0 Å². The first-order valence-electron chi connectivity index (χ1n) is 10.7. The van der Waals surface area contributed by atoms with Crippen LogP contribution >= 0.6 is 0 Å². The molecule has 1 amide bonds. The SMILES string of the molecule is CC1CN(C)N=C1c1cn(-c2ccc(F)cc2)nc1C1CCN(C(=O)OC(C)(C)C)C1. The number of aromatic nitrogens is 2. The molecule has 31 heavy (non-hydrogen) atoms. The highest BCUT2D eigenvalue weighted by Crippen LogP contribution is 2.33. The zero-order chi connectivity index (χ0) is 22.3. The number of nitrogens with zero attached hydrogens (tertiary/aromatic N) is 5. The van der Waals surface area contributed by atoms with Crippen molar-refractivity contribution in [3.8, 4) is 5.69 Å². The van der Waals surface area contributed by atoms with Gasteiger partial charge in [0.25, 0.3) is 0 Å². The lowest BCUT2D eigenvalue weighted by molar-refractivity contribution is 0.0292. The van der Waals surface area contributed by atoms with Gasteiger partial charge in [0.05, 0.1) is 17.1 Å².